The number of nitrogens with two attached hydrogens (primary N) is 1. The zero-order chi connectivity index (χ0) is 14.5. The molecule has 0 aliphatic carbocycles. The highest BCUT2D eigenvalue weighted by Crippen LogP contribution is 2.17. The van der Waals surface area contributed by atoms with Crippen LogP contribution in [0, 0.1) is 0 Å². The van der Waals surface area contributed by atoms with Crippen molar-refractivity contribution in [2.75, 3.05) is 13.2 Å². The van der Waals surface area contributed by atoms with Crippen molar-refractivity contribution >= 4 is 10.0 Å². The molecular weight excluding hydrogens is 268 g/mol. The first kappa shape index (κ1) is 15.9. The van der Waals surface area contributed by atoms with Crippen LogP contribution >= 0.6 is 0 Å². The van der Waals surface area contributed by atoms with Gasteiger partial charge >= 0.3 is 0 Å². The molecule has 0 aliphatic heterocycles. The van der Waals surface area contributed by atoms with Crippen molar-refractivity contribution in [3.63, 3.8) is 0 Å². The monoisotopic (exact) mass is 288 g/mol. The molecule has 0 heterocycles. The van der Waals surface area contributed by atoms with Crippen LogP contribution in [0.1, 0.15) is 20.8 Å². The highest BCUT2D eigenvalue weighted by Gasteiger charge is 2.26. The van der Waals surface area contributed by atoms with Gasteiger partial charge in [-0.1, -0.05) is 0 Å². The number of rotatable bonds is 7. The van der Waals surface area contributed by atoms with Crippen LogP contribution in [0.5, 0.6) is 5.75 Å². The van der Waals surface area contributed by atoms with Crippen LogP contribution < -0.4 is 15.4 Å². The van der Waals surface area contributed by atoms with E-state index in [0.29, 0.717) is 12.4 Å². The first-order valence-electron chi connectivity index (χ1n) is 5.89. The maximum absolute atomic E-state index is 12.1. The number of benzene rings is 1. The van der Waals surface area contributed by atoms with Gasteiger partial charge in [0.25, 0.3) is 0 Å². The predicted octanol–water partition coefficient (Wildman–Crippen LogP) is 1.03. The first-order valence-corrected chi connectivity index (χ1v) is 7.37. The van der Waals surface area contributed by atoms with Gasteiger partial charge in [-0.05, 0) is 45.0 Å². The largest absolute Gasteiger partial charge is 0.494 e. The van der Waals surface area contributed by atoms with Gasteiger partial charge < -0.3 is 9.57 Å². The molecule has 0 saturated heterocycles. The summed E-state index contributed by atoms with van der Waals surface area (Å²) in [4.78, 5) is 4.66. The Bertz CT molecular complexity index is 497. The van der Waals surface area contributed by atoms with E-state index in [0.717, 1.165) is 0 Å². The average Bonchev–Trinajstić information content (AvgIpc) is 2.28. The van der Waals surface area contributed by atoms with Crippen LogP contribution in [-0.4, -0.2) is 27.2 Å². The maximum atomic E-state index is 12.1. The smallest absolute Gasteiger partial charge is 0.241 e. The summed E-state index contributed by atoms with van der Waals surface area (Å²) in [5, 5.41) is 0. The summed E-state index contributed by atoms with van der Waals surface area (Å²) in [6, 6.07) is 6.22. The molecule has 6 nitrogen and oxygen atoms in total. The van der Waals surface area contributed by atoms with Crippen LogP contribution in [0.3, 0.4) is 0 Å². The van der Waals surface area contributed by atoms with Gasteiger partial charge in [0, 0.05) is 0 Å². The van der Waals surface area contributed by atoms with Gasteiger partial charge in [0.1, 0.15) is 5.75 Å². The SMILES string of the molecule is CCOc1ccc(S(=O)(=O)NC(C)(C)CON)cc1. The Labute approximate surface area is 113 Å². The molecule has 0 atom stereocenters. The Hall–Kier alpha value is -1.15. The molecular formula is C12H20N2O4S. The standard InChI is InChI=1S/C12H20N2O4S/c1-4-17-10-5-7-11(8-6-10)19(15,16)14-12(2,3)9-18-13/h5-8,14H,4,9,13H2,1-3H3. The van der Waals surface area contributed by atoms with Crippen molar-refractivity contribution in [1.29, 1.82) is 0 Å². The molecule has 1 aromatic carbocycles. The summed E-state index contributed by atoms with van der Waals surface area (Å²) >= 11 is 0. The molecule has 0 radical (unpaired) electrons. The Morgan fingerprint density at radius 1 is 1.26 bits per heavy atom. The zero-order valence-electron chi connectivity index (χ0n) is 11.3. The molecule has 1 rings (SSSR count). The van der Waals surface area contributed by atoms with Crippen molar-refractivity contribution in [2.45, 2.75) is 31.2 Å². The second-order valence-corrected chi connectivity index (χ2v) is 6.39. The van der Waals surface area contributed by atoms with Gasteiger partial charge in [-0.2, -0.15) is 0 Å². The predicted molar refractivity (Wildman–Crippen MR) is 72.2 cm³/mol. The van der Waals surface area contributed by atoms with E-state index in [2.05, 4.69) is 9.56 Å². The summed E-state index contributed by atoms with van der Waals surface area (Å²) in [6.45, 7) is 5.84. The molecule has 19 heavy (non-hydrogen) atoms. The second kappa shape index (κ2) is 6.33. The minimum Gasteiger partial charge on any atom is -0.494 e. The van der Waals surface area contributed by atoms with E-state index in [-0.39, 0.29) is 11.5 Å². The molecule has 0 spiro atoms. The Morgan fingerprint density at radius 2 is 1.84 bits per heavy atom. The summed E-state index contributed by atoms with van der Waals surface area (Å²) in [5.74, 6) is 5.60. The van der Waals surface area contributed by atoms with Crippen LogP contribution in [0.25, 0.3) is 0 Å². The van der Waals surface area contributed by atoms with Crippen molar-refractivity contribution in [3.05, 3.63) is 24.3 Å². The summed E-state index contributed by atoms with van der Waals surface area (Å²) in [5.41, 5.74) is -0.786. The lowest BCUT2D eigenvalue weighted by atomic mass is 10.1. The van der Waals surface area contributed by atoms with E-state index in [4.69, 9.17) is 10.6 Å². The molecule has 0 aliphatic rings. The summed E-state index contributed by atoms with van der Waals surface area (Å²) in [6.07, 6.45) is 0. The molecule has 1 aromatic rings. The topological polar surface area (TPSA) is 90.7 Å². The molecule has 108 valence electrons. The molecule has 0 unspecified atom stereocenters. The van der Waals surface area contributed by atoms with Gasteiger partial charge in [0.15, 0.2) is 0 Å². The second-order valence-electron chi connectivity index (χ2n) is 4.70. The zero-order valence-corrected chi connectivity index (χ0v) is 12.2. The molecule has 0 fully saturated rings. The van der Waals surface area contributed by atoms with E-state index in [1.54, 1.807) is 26.0 Å². The van der Waals surface area contributed by atoms with Crippen LogP contribution in [0.2, 0.25) is 0 Å². The Balaban J connectivity index is 2.88. The average molecular weight is 288 g/mol. The lowest BCUT2D eigenvalue weighted by Crippen LogP contribution is -2.47. The van der Waals surface area contributed by atoms with Crippen molar-refractivity contribution < 1.29 is 18.0 Å². The first-order chi connectivity index (χ1) is 8.80. The van der Waals surface area contributed by atoms with E-state index in [1.807, 2.05) is 6.92 Å². The van der Waals surface area contributed by atoms with Gasteiger partial charge in [-0.25, -0.2) is 19.0 Å². The minimum absolute atomic E-state index is 0.0727. The summed E-state index contributed by atoms with van der Waals surface area (Å²) in [7, 11) is -3.61. The van der Waals surface area contributed by atoms with Crippen molar-refractivity contribution in [2.24, 2.45) is 5.90 Å². The third kappa shape index (κ3) is 4.79. The number of sulfonamides is 1. The molecule has 7 heteroatoms. The fraction of sp³-hybridized carbons (Fsp3) is 0.500. The van der Waals surface area contributed by atoms with Crippen LogP contribution in [0.4, 0.5) is 0 Å². The van der Waals surface area contributed by atoms with Crippen LogP contribution in [-0.2, 0) is 14.9 Å². The molecule has 0 saturated carbocycles. The fourth-order valence-corrected chi connectivity index (χ4v) is 2.94. The van der Waals surface area contributed by atoms with Crippen LogP contribution in [0.15, 0.2) is 29.2 Å². The quantitative estimate of drug-likeness (QED) is 0.731. The third-order valence-electron chi connectivity index (χ3n) is 2.30. The molecule has 0 aromatic heterocycles. The Kier molecular flexibility index (Phi) is 5.30. The van der Waals surface area contributed by atoms with Gasteiger partial charge in [-0.3, -0.25) is 0 Å². The van der Waals surface area contributed by atoms with Gasteiger partial charge in [-0.15, -0.1) is 0 Å². The van der Waals surface area contributed by atoms with Gasteiger partial charge in [0.2, 0.25) is 10.0 Å². The maximum Gasteiger partial charge on any atom is 0.241 e. The number of hydrogen-bond acceptors (Lipinski definition) is 5. The van der Waals surface area contributed by atoms with E-state index < -0.39 is 15.6 Å². The highest BCUT2D eigenvalue weighted by atomic mass is 32.2. The van der Waals surface area contributed by atoms with Gasteiger partial charge in [0.05, 0.1) is 23.6 Å². The van der Waals surface area contributed by atoms with E-state index in [9.17, 15) is 8.42 Å². The molecule has 0 bridgehead atoms. The normalized spacial score (nSPS) is 12.4. The number of nitrogens with one attached hydrogen (secondary N) is 1. The van der Waals surface area contributed by atoms with E-state index >= 15 is 0 Å². The molecule has 0 amide bonds. The minimum atomic E-state index is -3.61. The summed E-state index contributed by atoms with van der Waals surface area (Å²) < 4.78 is 32.1. The Morgan fingerprint density at radius 3 is 2.32 bits per heavy atom. The van der Waals surface area contributed by atoms with Crippen molar-refractivity contribution in [1.82, 2.24) is 4.72 Å². The lowest BCUT2D eigenvalue weighted by Gasteiger charge is -2.24. The highest BCUT2D eigenvalue weighted by molar-refractivity contribution is 7.89. The van der Waals surface area contributed by atoms with E-state index in [1.165, 1.54) is 12.1 Å². The fourth-order valence-electron chi connectivity index (χ4n) is 1.54. The van der Waals surface area contributed by atoms with Crippen molar-refractivity contribution in [3.8, 4) is 5.75 Å². The number of ether oxygens (including phenoxy) is 1. The molecule has 3 N–H and O–H groups in total. The lowest BCUT2D eigenvalue weighted by molar-refractivity contribution is 0.0929. The third-order valence-corrected chi connectivity index (χ3v) is 4.01. The number of hydrogen-bond donors (Lipinski definition) is 2.